The highest BCUT2D eigenvalue weighted by atomic mass is 19.1. The molecule has 1 aromatic rings. The van der Waals surface area contributed by atoms with Gasteiger partial charge >= 0.3 is 0 Å². The van der Waals surface area contributed by atoms with Crippen molar-refractivity contribution in [3.63, 3.8) is 0 Å². The largest absolute Gasteiger partial charge is 0.366 e. The van der Waals surface area contributed by atoms with Gasteiger partial charge in [-0.05, 0) is 58.4 Å². The molecule has 0 aromatic heterocycles. The van der Waals surface area contributed by atoms with Crippen molar-refractivity contribution >= 4 is 5.91 Å². The van der Waals surface area contributed by atoms with Crippen molar-refractivity contribution in [1.29, 1.82) is 0 Å². The topological polar surface area (TPSA) is 29.5 Å². The number of hydrogen-bond donors (Lipinski definition) is 0. The Morgan fingerprint density at radius 2 is 1.75 bits per heavy atom. The molecular weight excluding hydrogens is 257 g/mol. The predicted molar refractivity (Wildman–Crippen MR) is 76.3 cm³/mol. The van der Waals surface area contributed by atoms with Gasteiger partial charge in [0, 0.05) is 18.7 Å². The SMILES string of the molecule is Cc1cc(F)ccc1C(=O)N1CC(C)(C)OC(C)(C)C1. The molecule has 1 saturated heterocycles. The van der Waals surface area contributed by atoms with E-state index in [1.165, 1.54) is 12.1 Å². The quantitative estimate of drug-likeness (QED) is 0.790. The second kappa shape index (κ2) is 4.85. The van der Waals surface area contributed by atoms with Crippen molar-refractivity contribution in [2.24, 2.45) is 0 Å². The third-order valence-electron chi connectivity index (χ3n) is 3.40. The van der Waals surface area contributed by atoms with E-state index in [0.29, 0.717) is 24.2 Å². The summed E-state index contributed by atoms with van der Waals surface area (Å²) in [6.45, 7) is 10.7. The zero-order chi connectivity index (χ0) is 15.1. The molecule has 0 radical (unpaired) electrons. The van der Waals surface area contributed by atoms with Crippen molar-refractivity contribution in [1.82, 2.24) is 4.90 Å². The number of carbonyl (C=O) groups is 1. The number of nitrogens with zero attached hydrogens (tertiary/aromatic N) is 1. The first kappa shape index (κ1) is 15.0. The molecule has 1 heterocycles. The Bertz CT molecular complexity index is 521. The molecule has 1 amide bonds. The molecule has 0 aliphatic carbocycles. The number of hydrogen-bond acceptors (Lipinski definition) is 2. The van der Waals surface area contributed by atoms with Crippen LogP contribution in [-0.4, -0.2) is 35.1 Å². The van der Waals surface area contributed by atoms with E-state index in [4.69, 9.17) is 4.74 Å². The highest BCUT2D eigenvalue weighted by molar-refractivity contribution is 5.95. The van der Waals surface area contributed by atoms with Gasteiger partial charge in [0.1, 0.15) is 5.82 Å². The minimum absolute atomic E-state index is 0.0630. The lowest BCUT2D eigenvalue weighted by Gasteiger charge is -2.47. The number of halogens is 1. The van der Waals surface area contributed by atoms with Crippen molar-refractivity contribution in [3.8, 4) is 0 Å². The fraction of sp³-hybridized carbons (Fsp3) is 0.562. The highest BCUT2D eigenvalue weighted by Gasteiger charge is 2.40. The fourth-order valence-corrected chi connectivity index (χ4v) is 2.97. The number of morpholine rings is 1. The number of ether oxygens (including phenoxy) is 1. The maximum atomic E-state index is 13.2. The smallest absolute Gasteiger partial charge is 0.254 e. The number of benzene rings is 1. The molecular formula is C16H22FNO2. The summed E-state index contributed by atoms with van der Waals surface area (Å²) in [6.07, 6.45) is 0. The summed E-state index contributed by atoms with van der Waals surface area (Å²) in [5, 5.41) is 0. The number of aryl methyl sites for hydroxylation is 1. The number of carbonyl (C=O) groups excluding carboxylic acids is 1. The maximum absolute atomic E-state index is 13.2. The van der Waals surface area contributed by atoms with Gasteiger partial charge in [0.25, 0.3) is 5.91 Å². The number of amides is 1. The van der Waals surface area contributed by atoms with Crippen LogP contribution in [0.5, 0.6) is 0 Å². The van der Waals surface area contributed by atoms with Crippen LogP contribution in [0.25, 0.3) is 0 Å². The van der Waals surface area contributed by atoms with Crippen molar-refractivity contribution in [3.05, 3.63) is 35.1 Å². The lowest BCUT2D eigenvalue weighted by Crippen LogP contribution is -2.58. The van der Waals surface area contributed by atoms with Crippen LogP contribution in [-0.2, 0) is 4.74 Å². The monoisotopic (exact) mass is 279 g/mol. The van der Waals surface area contributed by atoms with Crippen LogP contribution in [0.15, 0.2) is 18.2 Å². The second-order valence-electron chi connectivity index (χ2n) is 6.74. The normalized spacial score (nSPS) is 20.8. The van der Waals surface area contributed by atoms with Gasteiger partial charge in [-0.3, -0.25) is 4.79 Å². The zero-order valence-electron chi connectivity index (χ0n) is 12.8. The van der Waals surface area contributed by atoms with E-state index in [-0.39, 0.29) is 22.9 Å². The van der Waals surface area contributed by atoms with Crippen LogP contribution in [0.4, 0.5) is 4.39 Å². The Hall–Kier alpha value is -1.42. The molecule has 0 atom stereocenters. The third-order valence-corrected chi connectivity index (χ3v) is 3.40. The summed E-state index contributed by atoms with van der Waals surface area (Å²) in [5.41, 5.74) is 0.452. The van der Waals surface area contributed by atoms with Crippen LogP contribution in [0.3, 0.4) is 0 Å². The summed E-state index contributed by atoms with van der Waals surface area (Å²) in [6, 6.07) is 4.28. The van der Waals surface area contributed by atoms with E-state index in [1.807, 2.05) is 27.7 Å². The van der Waals surface area contributed by atoms with Crippen molar-refractivity contribution in [2.45, 2.75) is 45.8 Å². The van der Waals surface area contributed by atoms with Crippen LogP contribution >= 0.6 is 0 Å². The van der Waals surface area contributed by atoms with Gasteiger partial charge in [0.2, 0.25) is 0 Å². The summed E-state index contributed by atoms with van der Waals surface area (Å²) >= 11 is 0. The lowest BCUT2D eigenvalue weighted by atomic mass is 9.97. The Balaban J connectivity index is 2.28. The first-order valence-corrected chi connectivity index (χ1v) is 6.85. The van der Waals surface area contributed by atoms with E-state index < -0.39 is 0 Å². The second-order valence-corrected chi connectivity index (χ2v) is 6.74. The molecule has 0 unspecified atom stereocenters. The van der Waals surface area contributed by atoms with Crippen molar-refractivity contribution in [2.75, 3.05) is 13.1 Å². The molecule has 2 rings (SSSR count). The first-order valence-electron chi connectivity index (χ1n) is 6.85. The Labute approximate surface area is 119 Å². The summed E-state index contributed by atoms with van der Waals surface area (Å²) < 4.78 is 19.1. The van der Waals surface area contributed by atoms with E-state index >= 15 is 0 Å². The Morgan fingerprint density at radius 3 is 2.25 bits per heavy atom. The Kier molecular flexibility index (Phi) is 3.63. The molecule has 4 heteroatoms. The molecule has 1 aliphatic rings. The molecule has 1 fully saturated rings. The molecule has 1 aliphatic heterocycles. The average Bonchev–Trinajstić information content (AvgIpc) is 2.23. The molecule has 0 saturated carbocycles. The van der Waals surface area contributed by atoms with Crippen LogP contribution in [0, 0.1) is 12.7 Å². The van der Waals surface area contributed by atoms with Crippen LogP contribution < -0.4 is 0 Å². The van der Waals surface area contributed by atoms with Gasteiger partial charge in [-0.15, -0.1) is 0 Å². The summed E-state index contributed by atoms with van der Waals surface area (Å²) in [4.78, 5) is 14.5. The van der Waals surface area contributed by atoms with E-state index in [1.54, 1.807) is 17.9 Å². The minimum atomic E-state index is -0.384. The lowest BCUT2D eigenvalue weighted by molar-refractivity contribution is -0.171. The van der Waals surface area contributed by atoms with E-state index in [9.17, 15) is 9.18 Å². The molecule has 3 nitrogen and oxygen atoms in total. The molecule has 0 spiro atoms. The summed E-state index contributed by atoms with van der Waals surface area (Å²) in [5.74, 6) is -0.381. The van der Waals surface area contributed by atoms with E-state index in [2.05, 4.69) is 0 Å². The van der Waals surface area contributed by atoms with Crippen LogP contribution in [0.1, 0.15) is 43.6 Å². The molecule has 0 N–H and O–H groups in total. The van der Waals surface area contributed by atoms with Gasteiger partial charge in [0.15, 0.2) is 0 Å². The Morgan fingerprint density at radius 1 is 1.20 bits per heavy atom. The minimum Gasteiger partial charge on any atom is -0.366 e. The third kappa shape index (κ3) is 3.18. The van der Waals surface area contributed by atoms with Gasteiger partial charge < -0.3 is 9.64 Å². The van der Waals surface area contributed by atoms with Crippen LogP contribution in [0.2, 0.25) is 0 Å². The standard InChI is InChI=1S/C16H22FNO2/c1-11-8-12(17)6-7-13(11)14(19)18-9-15(2,3)20-16(4,5)10-18/h6-8H,9-10H2,1-5H3. The summed E-state index contributed by atoms with van der Waals surface area (Å²) in [7, 11) is 0. The van der Waals surface area contributed by atoms with E-state index in [0.717, 1.165) is 0 Å². The van der Waals surface area contributed by atoms with Crippen molar-refractivity contribution < 1.29 is 13.9 Å². The van der Waals surface area contributed by atoms with Gasteiger partial charge in [0.05, 0.1) is 11.2 Å². The van der Waals surface area contributed by atoms with Gasteiger partial charge in [-0.1, -0.05) is 0 Å². The molecule has 110 valence electrons. The molecule has 20 heavy (non-hydrogen) atoms. The predicted octanol–water partition coefficient (Wildman–Crippen LogP) is 3.16. The number of rotatable bonds is 1. The average molecular weight is 279 g/mol. The molecule has 1 aromatic carbocycles. The fourth-order valence-electron chi connectivity index (χ4n) is 2.97. The maximum Gasteiger partial charge on any atom is 0.254 e. The molecule has 0 bridgehead atoms. The van der Waals surface area contributed by atoms with Gasteiger partial charge in [-0.2, -0.15) is 0 Å². The first-order chi connectivity index (χ1) is 9.10. The highest BCUT2D eigenvalue weighted by Crippen LogP contribution is 2.29. The van der Waals surface area contributed by atoms with Gasteiger partial charge in [-0.25, -0.2) is 4.39 Å². The zero-order valence-corrected chi connectivity index (χ0v) is 12.8.